The van der Waals surface area contributed by atoms with E-state index in [4.69, 9.17) is 9.72 Å². The molecule has 0 amide bonds. The third-order valence-electron chi connectivity index (χ3n) is 17.4. The summed E-state index contributed by atoms with van der Waals surface area (Å²) in [5, 5.41) is 2.12. The molecular formula is C78H65BN6OPt-2. The number of hydrogen-bond acceptors (Lipinski definition) is 4. The quantitative estimate of drug-likeness (QED) is 0.0864. The Balaban J connectivity index is 0.00000667. The van der Waals surface area contributed by atoms with Crippen LogP contribution in [0, 0.1) is 18.5 Å². The van der Waals surface area contributed by atoms with Gasteiger partial charge in [-0.05, 0) is 150 Å². The van der Waals surface area contributed by atoms with E-state index in [1.54, 1.807) is 0 Å². The number of benzene rings is 10. The van der Waals surface area contributed by atoms with Crippen molar-refractivity contribution in [2.45, 2.75) is 78.6 Å². The average Bonchev–Trinajstić information content (AvgIpc) is 1.43. The zero-order valence-corrected chi connectivity index (χ0v) is 52.7. The van der Waals surface area contributed by atoms with Gasteiger partial charge in [-0.1, -0.05) is 183 Å². The van der Waals surface area contributed by atoms with Crippen LogP contribution in [0.2, 0.25) is 0 Å². The first-order valence-electron chi connectivity index (χ1n) is 29.9. The fraction of sp³-hybridized carbons (Fsp3) is 0.154. The molecule has 0 unspecified atom stereocenters. The first-order valence-corrected chi connectivity index (χ1v) is 29.9. The molecule has 0 N–H and O–H groups in total. The number of imidazole rings is 1. The van der Waals surface area contributed by atoms with Gasteiger partial charge in [0.2, 0.25) is 0 Å². The molecule has 0 bridgehead atoms. The maximum atomic E-state index is 6.86. The van der Waals surface area contributed by atoms with Crippen LogP contribution in [0.25, 0.3) is 61.2 Å². The molecule has 0 radical (unpaired) electrons. The Morgan fingerprint density at radius 1 is 0.460 bits per heavy atom. The Bertz CT molecular complexity index is 4690. The smallest absolute Gasteiger partial charge is 0.268 e. The summed E-state index contributed by atoms with van der Waals surface area (Å²) in [4.78, 5) is 10.0. The zero-order valence-electron chi connectivity index (χ0n) is 50.4. The summed E-state index contributed by atoms with van der Waals surface area (Å²) in [7, 11) is 0. The molecule has 0 fully saturated rings. The van der Waals surface area contributed by atoms with Crippen LogP contribution >= 0.6 is 0 Å². The molecule has 7 nitrogen and oxygen atoms in total. The van der Waals surface area contributed by atoms with Crippen molar-refractivity contribution >= 4 is 90.1 Å². The molecule has 0 atom stereocenters. The number of rotatable bonds is 8. The van der Waals surface area contributed by atoms with Gasteiger partial charge in [-0.2, -0.15) is 18.2 Å². The number of ether oxygens (including phenoxy) is 1. The summed E-state index contributed by atoms with van der Waals surface area (Å²) in [5.74, 6) is 1.95. The number of pyridine rings is 1. The van der Waals surface area contributed by atoms with Crippen LogP contribution in [0.1, 0.15) is 79.0 Å². The third kappa shape index (κ3) is 9.57. The molecule has 5 heterocycles. The maximum absolute atomic E-state index is 6.86. The number of aromatic nitrogens is 4. The van der Waals surface area contributed by atoms with Crippen molar-refractivity contribution < 1.29 is 30.4 Å². The molecule has 13 aromatic rings. The van der Waals surface area contributed by atoms with E-state index in [0.29, 0.717) is 11.5 Å². The standard InChI is InChI=1S/C78H65BN6O.Pt/c1-76(2,3)53-39-40-80-74(47-53)85-66-38-35-51(52-42-72-75-73(43-52)84(57-25-14-11-15-26-57)68-32-19-17-30-65(68)79(75)64-29-16-18-31-67(64)83(72)56-23-12-10-13-24-56)41-63(66)62-37-36-61(49-71(62)85)86-60-28-22-27-58(48-60)81-50-82(70-34-21-20-33-69(70)81)59-45-54(77(4,5)6)44-55(46-59)78(7,8)9;/h10-47H,1-9H3;/q-2;. The predicted octanol–water partition coefficient (Wildman–Crippen LogP) is 17.2. The van der Waals surface area contributed by atoms with Crippen molar-refractivity contribution in [3.8, 4) is 39.8 Å². The normalized spacial score (nSPS) is 13.0. The topological polar surface area (TPSA) is 42.3 Å². The maximum Gasteiger partial charge on any atom is 0.268 e. The molecule has 9 heteroatoms. The van der Waals surface area contributed by atoms with Gasteiger partial charge in [-0.3, -0.25) is 4.57 Å². The second kappa shape index (κ2) is 21.0. The second-order valence-corrected chi connectivity index (χ2v) is 26.2. The number of hydrogen-bond donors (Lipinski definition) is 0. The van der Waals surface area contributed by atoms with E-state index in [0.717, 1.165) is 83.9 Å². The Hall–Kier alpha value is -9.23. The van der Waals surface area contributed by atoms with E-state index in [1.165, 1.54) is 44.5 Å². The fourth-order valence-electron chi connectivity index (χ4n) is 13.0. The Morgan fingerprint density at radius 2 is 1.05 bits per heavy atom. The van der Waals surface area contributed by atoms with Crippen molar-refractivity contribution in [1.82, 2.24) is 14.1 Å². The summed E-state index contributed by atoms with van der Waals surface area (Å²) >= 11 is 0. The van der Waals surface area contributed by atoms with Crippen molar-refractivity contribution in [1.29, 1.82) is 0 Å². The number of fused-ring (bicyclic) bond motifs is 8. The average molecular weight is 1310 g/mol. The molecule has 15 rings (SSSR count). The minimum atomic E-state index is -0.107. The van der Waals surface area contributed by atoms with Crippen LogP contribution in [0.15, 0.2) is 231 Å². The van der Waals surface area contributed by atoms with E-state index in [9.17, 15) is 0 Å². The van der Waals surface area contributed by atoms with E-state index in [-0.39, 0.29) is 44.0 Å². The number of anilines is 6. The van der Waals surface area contributed by atoms with Gasteiger partial charge in [0.05, 0.1) is 16.7 Å². The van der Waals surface area contributed by atoms with Gasteiger partial charge in [-0.25, -0.2) is 4.98 Å². The summed E-state index contributed by atoms with van der Waals surface area (Å²) in [6.45, 7) is 20.4. The summed E-state index contributed by atoms with van der Waals surface area (Å²) < 4.78 is 13.4. The summed E-state index contributed by atoms with van der Waals surface area (Å²) in [6.07, 6.45) is 5.67. The monoisotopic (exact) mass is 1310 g/mol. The van der Waals surface area contributed by atoms with Gasteiger partial charge < -0.3 is 23.7 Å². The Labute approximate surface area is 525 Å². The van der Waals surface area contributed by atoms with Crippen molar-refractivity contribution in [3.05, 3.63) is 266 Å². The molecule has 0 saturated heterocycles. The van der Waals surface area contributed by atoms with Gasteiger partial charge in [0.25, 0.3) is 13.0 Å². The van der Waals surface area contributed by atoms with Crippen molar-refractivity contribution in [3.63, 3.8) is 0 Å². The molecule has 2 aliphatic heterocycles. The molecule has 87 heavy (non-hydrogen) atoms. The number of para-hydroxylation sites is 6. The second-order valence-electron chi connectivity index (χ2n) is 26.2. The molecule has 10 aromatic carbocycles. The van der Waals surface area contributed by atoms with Crippen LogP contribution in [-0.4, -0.2) is 20.8 Å². The molecule has 0 aliphatic carbocycles. The fourth-order valence-corrected chi connectivity index (χ4v) is 13.0. The first-order chi connectivity index (χ1) is 41.5. The summed E-state index contributed by atoms with van der Waals surface area (Å²) in [5.41, 5.74) is 22.4. The van der Waals surface area contributed by atoms with E-state index < -0.39 is 0 Å². The predicted molar refractivity (Wildman–Crippen MR) is 356 cm³/mol. The van der Waals surface area contributed by atoms with Crippen LogP contribution in [0.3, 0.4) is 0 Å². The van der Waals surface area contributed by atoms with Crippen molar-refractivity contribution in [2.75, 3.05) is 9.80 Å². The van der Waals surface area contributed by atoms with E-state index in [1.807, 2.05) is 24.4 Å². The van der Waals surface area contributed by atoms with E-state index >= 15 is 0 Å². The van der Waals surface area contributed by atoms with Crippen LogP contribution < -0.4 is 35.5 Å². The molecule has 3 aromatic heterocycles. The zero-order chi connectivity index (χ0) is 58.8. The molecule has 0 spiro atoms. The van der Waals surface area contributed by atoms with Crippen LogP contribution in [-0.2, 0) is 37.3 Å². The minimum Gasteiger partial charge on any atom is -0.510 e. The van der Waals surface area contributed by atoms with Gasteiger partial charge in [0, 0.05) is 78.4 Å². The van der Waals surface area contributed by atoms with Gasteiger partial charge in [0.1, 0.15) is 5.82 Å². The Morgan fingerprint density at radius 3 is 1.68 bits per heavy atom. The van der Waals surface area contributed by atoms with E-state index in [2.05, 4.69) is 311 Å². The minimum absolute atomic E-state index is 0. The van der Waals surface area contributed by atoms with Crippen molar-refractivity contribution in [2.24, 2.45) is 0 Å². The molecule has 428 valence electrons. The van der Waals surface area contributed by atoms with Crippen LogP contribution in [0.4, 0.5) is 34.1 Å². The number of nitrogens with zero attached hydrogens (tertiary/aromatic N) is 6. The molecule has 2 aliphatic rings. The largest absolute Gasteiger partial charge is 0.510 e. The van der Waals surface area contributed by atoms with Crippen LogP contribution in [0.5, 0.6) is 11.5 Å². The summed E-state index contributed by atoms with van der Waals surface area (Å²) in [6, 6.07) is 88.8. The van der Waals surface area contributed by atoms with Gasteiger partial charge in [0.15, 0.2) is 0 Å². The molecular weight excluding hydrogens is 1240 g/mol. The van der Waals surface area contributed by atoms with Gasteiger partial charge >= 0.3 is 0 Å². The van der Waals surface area contributed by atoms with Gasteiger partial charge in [-0.15, -0.1) is 29.7 Å². The third-order valence-corrected chi connectivity index (χ3v) is 17.4. The Kier molecular flexibility index (Phi) is 13.4. The molecule has 0 saturated carbocycles. The first kappa shape index (κ1) is 55.6. The SMILES string of the molecule is CC(C)(C)c1cc(-[n+]2[c-]n(-c3[c-]c(Oc4[c-]c5c(cc4)c4cc(-c6cc7c8c(c6)N(c6ccccc6)c6ccccc6B8c6ccccc6N7c6ccccc6)ccc4n5-c4cc(C(C)(C)C)ccn4)ccc3)c3ccccc32)cc(C(C)(C)C)c1.[Pt].